The predicted molar refractivity (Wildman–Crippen MR) is 61.2 cm³/mol. The van der Waals surface area contributed by atoms with Crippen LogP contribution in [0.3, 0.4) is 0 Å². The molecule has 0 atom stereocenters. The minimum atomic E-state index is 0.607. The van der Waals surface area contributed by atoms with E-state index in [2.05, 4.69) is 17.3 Å². The van der Waals surface area contributed by atoms with Crippen molar-refractivity contribution in [3.8, 4) is 0 Å². The van der Waals surface area contributed by atoms with Crippen molar-refractivity contribution in [1.29, 1.82) is 0 Å². The Bertz CT molecular complexity index is 347. The van der Waals surface area contributed by atoms with Gasteiger partial charge in [-0.3, -0.25) is 4.68 Å². The normalized spacial score (nSPS) is 16.7. The third kappa shape index (κ3) is 2.19. The van der Waals surface area contributed by atoms with E-state index in [1.807, 2.05) is 30.5 Å². The van der Waals surface area contributed by atoms with Gasteiger partial charge >= 0.3 is 0 Å². The van der Waals surface area contributed by atoms with Gasteiger partial charge in [0.25, 0.3) is 0 Å². The van der Waals surface area contributed by atoms with E-state index in [0.29, 0.717) is 5.25 Å². The van der Waals surface area contributed by atoms with E-state index in [1.54, 1.807) is 0 Å². The van der Waals surface area contributed by atoms with Crippen LogP contribution in [0.25, 0.3) is 0 Å². The number of ether oxygens (including phenoxy) is 1. The Kier molecular flexibility index (Phi) is 3.33. The first-order chi connectivity index (χ1) is 7.22. The van der Waals surface area contributed by atoms with E-state index >= 15 is 0 Å². The molecule has 5 heteroatoms. The van der Waals surface area contributed by atoms with Crippen molar-refractivity contribution in [2.75, 3.05) is 20.3 Å². The maximum absolute atomic E-state index is 5.19. The van der Waals surface area contributed by atoms with Crippen LogP contribution < -0.4 is 5.32 Å². The highest BCUT2D eigenvalue weighted by atomic mass is 32.2. The molecule has 1 aliphatic rings. The smallest absolute Gasteiger partial charge is 0.0988 e. The number of nitrogens with zero attached hydrogens (tertiary/aromatic N) is 2. The molecule has 1 N–H and O–H groups in total. The topological polar surface area (TPSA) is 39.1 Å². The molecule has 0 bridgehead atoms. The Morgan fingerprint density at radius 2 is 2.33 bits per heavy atom. The maximum atomic E-state index is 5.19. The van der Waals surface area contributed by atoms with E-state index in [1.165, 1.54) is 10.6 Å². The molecule has 0 aliphatic carbocycles. The van der Waals surface area contributed by atoms with Crippen LogP contribution >= 0.6 is 11.8 Å². The van der Waals surface area contributed by atoms with Crippen molar-refractivity contribution in [3.63, 3.8) is 0 Å². The summed E-state index contributed by atoms with van der Waals surface area (Å²) in [6.45, 7) is 4.69. The lowest BCUT2D eigenvalue weighted by molar-refractivity contribution is 0.0454. The number of nitrogens with one attached hydrogen (secondary N) is 1. The van der Waals surface area contributed by atoms with Crippen molar-refractivity contribution in [3.05, 3.63) is 11.3 Å². The van der Waals surface area contributed by atoms with Gasteiger partial charge in [-0.05, 0) is 14.0 Å². The fourth-order valence-electron chi connectivity index (χ4n) is 1.65. The van der Waals surface area contributed by atoms with Crippen LogP contribution in [0.2, 0.25) is 0 Å². The first kappa shape index (κ1) is 11.0. The zero-order valence-electron chi connectivity index (χ0n) is 9.41. The Hall–Kier alpha value is -0.520. The fraction of sp³-hybridized carbons (Fsp3) is 0.700. The summed E-state index contributed by atoms with van der Waals surface area (Å²) < 4.78 is 7.16. The first-order valence-electron chi connectivity index (χ1n) is 5.14. The number of thioether (sulfide) groups is 1. The fourth-order valence-corrected chi connectivity index (χ4v) is 2.85. The summed E-state index contributed by atoms with van der Waals surface area (Å²) >= 11 is 1.88. The van der Waals surface area contributed by atoms with Gasteiger partial charge in [0.1, 0.15) is 0 Å². The van der Waals surface area contributed by atoms with Gasteiger partial charge in [0, 0.05) is 19.2 Å². The average molecular weight is 227 g/mol. The molecule has 0 radical (unpaired) electrons. The van der Waals surface area contributed by atoms with Crippen molar-refractivity contribution in [2.24, 2.45) is 7.05 Å². The largest absolute Gasteiger partial charge is 0.379 e. The summed E-state index contributed by atoms with van der Waals surface area (Å²) in [6.07, 6.45) is 0. The Morgan fingerprint density at radius 3 is 2.87 bits per heavy atom. The molecule has 0 amide bonds. The quantitative estimate of drug-likeness (QED) is 0.831. The van der Waals surface area contributed by atoms with Crippen LogP contribution in [0.15, 0.2) is 5.03 Å². The molecule has 1 saturated heterocycles. The molecule has 1 aliphatic heterocycles. The zero-order chi connectivity index (χ0) is 10.8. The standard InChI is InChI=1S/C10H17N3OS/c1-7-9(4-11-2)10(13(3)12-7)15-8-5-14-6-8/h8,11H,4-6H2,1-3H3. The SMILES string of the molecule is CNCc1c(C)nn(C)c1SC1COC1. The van der Waals surface area contributed by atoms with Crippen LogP contribution in [-0.2, 0) is 18.3 Å². The molecular formula is C10H17N3OS. The van der Waals surface area contributed by atoms with Crippen molar-refractivity contribution in [1.82, 2.24) is 15.1 Å². The Labute approximate surface area is 94.4 Å². The lowest BCUT2D eigenvalue weighted by Gasteiger charge is -2.25. The lowest BCUT2D eigenvalue weighted by atomic mass is 10.3. The van der Waals surface area contributed by atoms with Crippen LogP contribution in [0.4, 0.5) is 0 Å². The summed E-state index contributed by atoms with van der Waals surface area (Å²) in [5.74, 6) is 0. The molecule has 1 aromatic rings. The number of rotatable bonds is 4. The second-order valence-corrected chi connectivity index (χ2v) is 5.09. The molecule has 1 fully saturated rings. The summed E-state index contributed by atoms with van der Waals surface area (Å²) in [4.78, 5) is 0. The van der Waals surface area contributed by atoms with E-state index in [9.17, 15) is 0 Å². The van der Waals surface area contributed by atoms with Crippen molar-refractivity contribution < 1.29 is 4.74 Å². The van der Waals surface area contributed by atoms with Crippen molar-refractivity contribution >= 4 is 11.8 Å². The van der Waals surface area contributed by atoms with E-state index in [4.69, 9.17) is 4.74 Å². The van der Waals surface area contributed by atoms with Crippen molar-refractivity contribution in [2.45, 2.75) is 23.7 Å². The summed E-state index contributed by atoms with van der Waals surface area (Å²) in [6, 6.07) is 0. The number of aromatic nitrogens is 2. The van der Waals surface area contributed by atoms with Gasteiger partial charge in [-0.25, -0.2) is 0 Å². The second-order valence-electron chi connectivity index (χ2n) is 3.80. The highest BCUT2D eigenvalue weighted by molar-refractivity contribution is 8.00. The molecule has 15 heavy (non-hydrogen) atoms. The molecule has 1 aromatic heterocycles. The van der Waals surface area contributed by atoms with E-state index < -0.39 is 0 Å². The van der Waals surface area contributed by atoms with Crippen LogP contribution in [0.5, 0.6) is 0 Å². The average Bonchev–Trinajstić information content (AvgIpc) is 2.37. The van der Waals surface area contributed by atoms with Gasteiger partial charge in [-0.1, -0.05) is 11.8 Å². The summed E-state index contributed by atoms with van der Waals surface area (Å²) in [7, 11) is 3.97. The number of hydrogen-bond acceptors (Lipinski definition) is 4. The van der Waals surface area contributed by atoms with Gasteiger partial charge in [0.05, 0.1) is 29.2 Å². The number of aryl methyl sites for hydroxylation is 2. The maximum Gasteiger partial charge on any atom is 0.0988 e. The first-order valence-corrected chi connectivity index (χ1v) is 6.01. The van der Waals surface area contributed by atoms with Crippen LogP contribution in [-0.4, -0.2) is 35.3 Å². The molecule has 4 nitrogen and oxygen atoms in total. The lowest BCUT2D eigenvalue weighted by Crippen LogP contribution is -2.30. The monoisotopic (exact) mass is 227 g/mol. The minimum absolute atomic E-state index is 0.607. The van der Waals surface area contributed by atoms with Gasteiger partial charge in [-0.2, -0.15) is 5.10 Å². The van der Waals surface area contributed by atoms with E-state index in [-0.39, 0.29) is 0 Å². The van der Waals surface area contributed by atoms with Crippen LogP contribution in [0.1, 0.15) is 11.3 Å². The molecule has 2 heterocycles. The molecular weight excluding hydrogens is 210 g/mol. The van der Waals surface area contributed by atoms with E-state index in [0.717, 1.165) is 25.5 Å². The molecule has 0 spiro atoms. The van der Waals surface area contributed by atoms with Gasteiger partial charge in [0.15, 0.2) is 0 Å². The van der Waals surface area contributed by atoms with Gasteiger partial charge < -0.3 is 10.1 Å². The summed E-state index contributed by atoms with van der Waals surface area (Å²) in [5, 5.41) is 9.53. The second kappa shape index (κ2) is 4.55. The molecule has 0 saturated carbocycles. The number of hydrogen-bond donors (Lipinski definition) is 1. The third-order valence-electron chi connectivity index (χ3n) is 2.53. The molecule has 0 aromatic carbocycles. The molecule has 0 unspecified atom stereocenters. The predicted octanol–water partition coefficient (Wildman–Crippen LogP) is 0.939. The highest BCUT2D eigenvalue weighted by Gasteiger charge is 2.23. The van der Waals surface area contributed by atoms with Gasteiger partial charge in [0.2, 0.25) is 0 Å². The van der Waals surface area contributed by atoms with Gasteiger partial charge in [-0.15, -0.1) is 0 Å². The Morgan fingerprint density at radius 1 is 1.60 bits per heavy atom. The zero-order valence-corrected chi connectivity index (χ0v) is 10.2. The molecule has 2 rings (SSSR count). The summed E-state index contributed by atoms with van der Waals surface area (Å²) in [5.41, 5.74) is 2.44. The third-order valence-corrected chi connectivity index (χ3v) is 3.87. The highest BCUT2D eigenvalue weighted by Crippen LogP contribution is 2.31. The minimum Gasteiger partial charge on any atom is -0.379 e. The Balaban J connectivity index is 2.18. The van der Waals surface area contributed by atoms with Crippen LogP contribution in [0, 0.1) is 6.92 Å². The molecule has 84 valence electrons.